The Morgan fingerprint density at radius 1 is 1.23 bits per heavy atom. The Labute approximate surface area is 132 Å². The number of fused-ring (bicyclic) bond motifs is 1. The number of aliphatic hydroxyl groups excluding tert-OH is 1. The molecule has 2 heterocycles. The first-order valence-corrected chi connectivity index (χ1v) is 8.07. The second-order valence-corrected chi connectivity index (χ2v) is 6.41. The Balaban J connectivity index is 1.56. The number of likely N-dealkylation sites (N-methyl/N-ethyl adjacent to an activating group) is 1. The Bertz CT molecular complexity index is 551. The van der Waals surface area contributed by atoms with Crippen LogP contribution in [-0.4, -0.2) is 66.7 Å². The van der Waals surface area contributed by atoms with Crippen molar-refractivity contribution < 1.29 is 9.90 Å². The quantitative estimate of drug-likeness (QED) is 0.893. The molecule has 1 atom stereocenters. The van der Waals surface area contributed by atoms with Crippen molar-refractivity contribution in [2.75, 3.05) is 44.7 Å². The number of carbonyl (C=O) groups is 1. The van der Waals surface area contributed by atoms with Crippen LogP contribution in [0.5, 0.6) is 0 Å². The summed E-state index contributed by atoms with van der Waals surface area (Å²) in [4.78, 5) is 18.2. The van der Waals surface area contributed by atoms with E-state index in [0.717, 1.165) is 32.6 Å². The van der Waals surface area contributed by atoms with E-state index in [1.54, 1.807) is 4.90 Å². The number of nitrogens with zero attached hydrogens (tertiary/aromatic N) is 3. The molecule has 3 rings (SSSR count). The Hall–Kier alpha value is -1.59. The summed E-state index contributed by atoms with van der Waals surface area (Å²) in [5.41, 5.74) is 4.16. The van der Waals surface area contributed by atoms with E-state index in [-0.39, 0.29) is 5.91 Å². The number of benzene rings is 1. The normalized spacial score (nSPS) is 20.1. The molecule has 1 saturated heterocycles. The molecule has 5 nitrogen and oxygen atoms in total. The molecule has 1 aromatic rings. The van der Waals surface area contributed by atoms with E-state index >= 15 is 0 Å². The summed E-state index contributed by atoms with van der Waals surface area (Å²) in [7, 11) is 2.14. The van der Waals surface area contributed by atoms with Crippen LogP contribution in [0.2, 0.25) is 0 Å². The Morgan fingerprint density at radius 3 is 2.64 bits per heavy atom. The van der Waals surface area contributed by atoms with Crippen LogP contribution < -0.4 is 4.90 Å². The molecule has 0 radical (unpaired) electrons. The monoisotopic (exact) mass is 303 g/mol. The van der Waals surface area contributed by atoms with Crippen molar-refractivity contribution in [1.82, 2.24) is 9.80 Å². The van der Waals surface area contributed by atoms with Gasteiger partial charge < -0.3 is 14.9 Å². The minimum Gasteiger partial charge on any atom is -0.384 e. The average molecular weight is 303 g/mol. The molecule has 0 saturated carbocycles. The molecule has 2 aliphatic rings. The minimum absolute atomic E-state index is 0.153. The van der Waals surface area contributed by atoms with Gasteiger partial charge in [-0.25, -0.2) is 0 Å². The third-order valence-electron chi connectivity index (χ3n) is 4.72. The number of anilines is 1. The van der Waals surface area contributed by atoms with Crippen LogP contribution in [0.25, 0.3) is 0 Å². The summed E-state index contributed by atoms with van der Waals surface area (Å²) in [5.74, 6) is -0.153. The van der Waals surface area contributed by atoms with Gasteiger partial charge in [0.05, 0.1) is 0 Å². The standard InChI is InChI=1S/C17H25N3O2/c1-13(21)17(22)20-9-7-19(8-10-20)12-14-3-4-16-15(11-14)5-6-18(16)2/h3-4,11,13,21H,5-10,12H2,1-2H3. The highest BCUT2D eigenvalue weighted by Gasteiger charge is 2.24. The van der Waals surface area contributed by atoms with E-state index in [4.69, 9.17) is 0 Å². The molecule has 0 bridgehead atoms. The number of rotatable bonds is 3. The van der Waals surface area contributed by atoms with Crippen LogP contribution in [0, 0.1) is 0 Å². The second-order valence-electron chi connectivity index (χ2n) is 6.41. The van der Waals surface area contributed by atoms with Gasteiger partial charge in [-0.15, -0.1) is 0 Å². The van der Waals surface area contributed by atoms with Crippen LogP contribution in [0.4, 0.5) is 5.69 Å². The summed E-state index contributed by atoms with van der Waals surface area (Å²) < 4.78 is 0. The maximum Gasteiger partial charge on any atom is 0.251 e. The van der Waals surface area contributed by atoms with Crippen LogP contribution in [-0.2, 0) is 17.8 Å². The molecule has 1 fully saturated rings. The van der Waals surface area contributed by atoms with Crippen molar-refractivity contribution in [3.05, 3.63) is 29.3 Å². The minimum atomic E-state index is -0.889. The van der Waals surface area contributed by atoms with Gasteiger partial charge in [-0.05, 0) is 30.5 Å². The predicted molar refractivity (Wildman–Crippen MR) is 87.0 cm³/mol. The van der Waals surface area contributed by atoms with E-state index in [1.165, 1.54) is 23.7 Å². The molecule has 1 N–H and O–H groups in total. The molecule has 0 aliphatic carbocycles. The van der Waals surface area contributed by atoms with Gasteiger partial charge in [-0.1, -0.05) is 12.1 Å². The zero-order valence-corrected chi connectivity index (χ0v) is 13.5. The highest BCUT2D eigenvalue weighted by atomic mass is 16.3. The van der Waals surface area contributed by atoms with E-state index in [0.29, 0.717) is 13.1 Å². The number of hydrogen-bond donors (Lipinski definition) is 1. The molecule has 1 aromatic carbocycles. The molecule has 5 heteroatoms. The molecule has 1 amide bonds. The van der Waals surface area contributed by atoms with Gasteiger partial charge in [0.2, 0.25) is 0 Å². The first kappa shape index (κ1) is 15.3. The highest BCUT2D eigenvalue weighted by Crippen LogP contribution is 2.27. The van der Waals surface area contributed by atoms with Gasteiger partial charge in [0.25, 0.3) is 5.91 Å². The molecule has 2 aliphatic heterocycles. The third kappa shape index (κ3) is 3.10. The first-order valence-electron chi connectivity index (χ1n) is 8.07. The van der Waals surface area contributed by atoms with Crippen molar-refractivity contribution in [2.45, 2.75) is 26.0 Å². The summed E-state index contributed by atoms with van der Waals surface area (Å²) in [6, 6.07) is 6.77. The molecule has 0 aromatic heterocycles. The fraction of sp³-hybridized carbons (Fsp3) is 0.588. The highest BCUT2D eigenvalue weighted by molar-refractivity contribution is 5.80. The number of amides is 1. The fourth-order valence-corrected chi connectivity index (χ4v) is 3.37. The lowest BCUT2D eigenvalue weighted by atomic mass is 10.1. The maximum absolute atomic E-state index is 11.8. The van der Waals surface area contributed by atoms with Crippen molar-refractivity contribution in [2.24, 2.45) is 0 Å². The Kier molecular flexibility index (Phi) is 4.36. The van der Waals surface area contributed by atoms with Crippen molar-refractivity contribution in [3.8, 4) is 0 Å². The van der Waals surface area contributed by atoms with Gasteiger partial charge in [-0.2, -0.15) is 0 Å². The van der Waals surface area contributed by atoms with Crippen LogP contribution in [0.15, 0.2) is 18.2 Å². The molecule has 120 valence electrons. The largest absolute Gasteiger partial charge is 0.384 e. The molecule has 0 spiro atoms. The van der Waals surface area contributed by atoms with Crippen LogP contribution >= 0.6 is 0 Å². The lowest BCUT2D eigenvalue weighted by molar-refractivity contribution is -0.141. The van der Waals surface area contributed by atoms with Gasteiger partial charge in [0, 0.05) is 52.0 Å². The lowest BCUT2D eigenvalue weighted by Crippen LogP contribution is -2.50. The van der Waals surface area contributed by atoms with Crippen LogP contribution in [0.1, 0.15) is 18.1 Å². The molecular formula is C17H25N3O2. The number of hydrogen-bond acceptors (Lipinski definition) is 4. The first-order chi connectivity index (χ1) is 10.5. The summed E-state index contributed by atoms with van der Waals surface area (Å²) in [6.45, 7) is 6.74. The van der Waals surface area contributed by atoms with Gasteiger partial charge in [-0.3, -0.25) is 9.69 Å². The number of aliphatic hydroxyl groups is 1. The SMILES string of the molecule is CC(O)C(=O)N1CCN(Cc2ccc3c(c2)CCN3C)CC1. The zero-order valence-electron chi connectivity index (χ0n) is 13.5. The third-order valence-corrected chi connectivity index (χ3v) is 4.72. The van der Waals surface area contributed by atoms with Crippen molar-refractivity contribution in [3.63, 3.8) is 0 Å². The zero-order chi connectivity index (χ0) is 15.7. The topological polar surface area (TPSA) is 47.0 Å². The second kappa shape index (κ2) is 6.26. The van der Waals surface area contributed by atoms with Gasteiger partial charge >= 0.3 is 0 Å². The van der Waals surface area contributed by atoms with Gasteiger partial charge in [0.1, 0.15) is 6.10 Å². The molecule has 22 heavy (non-hydrogen) atoms. The summed E-state index contributed by atoms with van der Waals surface area (Å²) in [5, 5.41) is 9.38. The lowest BCUT2D eigenvalue weighted by Gasteiger charge is -2.35. The van der Waals surface area contributed by atoms with Crippen molar-refractivity contribution in [1.29, 1.82) is 0 Å². The number of piperazine rings is 1. The van der Waals surface area contributed by atoms with Crippen molar-refractivity contribution >= 4 is 11.6 Å². The van der Waals surface area contributed by atoms with E-state index < -0.39 is 6.10 Å². The average Bonchev–Trinajstić information content (AvgIpc) is 2.88. The van der Waals surface area contributed by atoms with E-state index in [1.807, 2.05) is 0 Å². The molecule has 1 unspecified atom stereocenters. The fourth-order valence-electron chi connectivity index (χ4n) is 3.37. The summed E-state index contributed by atoms with van der Waals surface area (Å²) >= 11 is 0. The van der Waals surface area contributed by atoms with E-state index in [9.17, 15) is 9.90 Å². The predicted octanol–water partition coefficient (Wildman–Crippen LogP) is 0.704. The number of carbonyl (C=O) groups excluding carboxylic acids is 1. The molecular weight excluding hydrogens is 278 g/mol. The maximum atomic E-state index is 11.8. The van der Waals surface area contributed by atoms with Crippen LogP contribution in [0.3, 0.4) is 0 Å². The summed E-state index contributed by atoms with van der Waals surface area (Å²) in [6.07, 6.45) is 0.247. The smallest absolute Gasteiger partial charge is 0.251 e. The Morgan fingerprint density at radius 2 is 1.95 bits per heavy atom. The van der Waals surface area contributed by atoms with Gasteiger partial charge in [0.15, 0.2) is 0 Å². The van der Waals surface area contributed by atoms with E-state index in [2.05, 4.69) is 35.0 Å².